The number of allylic oxidation sites excluding steroid dienone is 3. The minimum atomic E-state index is 0.0801. The molecule has 0 bridgehead atoms. The second kappa shape index (κ2) is 10.3. The van der Waals surface area contributed by atoms with Crippen molar-refractivity contribution in [1.29, 1.82) is 0 Å². The van der Waals surface area contributed by atoms with Crippen molar-refractivity contribution >= 4 is 28.2 Å². The third kappa shape index (κ3) is 4.37. The van der Waals surface area contributed by atoms with Gasteiger partial charge in [-0.1, -0.05) is 18.2 Å². The molecular weight excluding hydrogens is 508 g/mol. The number of piperazine rings is 1. The van der Waals surface area contributed by atoms with Crippen molar-refractivity contribution in [2.45, 2.75) is 58.5 Å². The van der Waals surface area contributed by atoms with Gasteiger partial charge in [-0.05, 0) is 51.5 Å². The van der Waals surface area contributed by atoms with Gasteiger partial charge in [-0.15, -0.1) is 11.3 Å². The van der Waals surface area contributed by atoms with Crippen LogP contribution in [-0.2, 0) is 22.4 Å². The van der Waals surface area contributed by atoms with Crippen molar-refractivity contribution in [3.8, 4) is 10.6 Å². The Morgan fingerprint density at radius 2 is 1.90 bits per heavy atom. The van der Waals surface area contributed by atoms with E-state index in [1.165, 1.54) is 40.1 Å². The fraction of sp³-hybridized carbons (Fsp3) is 0.433. The van der Waals surface area contributed by atoms with Gasteiger partial charge in [0.15, 0.2) is 11.6 Å². The van der Waals surface area contributed by atoms with E-state index in [1.807, 2.05) is 0 Å². The van der Waals surface area contributed by atoms with Crippen LogP contribution in [0.1, 0.15) is 41.9 Å². The quantitative estimate of drug-likeness (QED) is 0.414. The van der Waals surface area contributed by atoms with Gasteiger partial charge in [0, 0.05) is 43.3 Å². The monoisotopic (exact) mass is 542 g/mol. The summed E-state index contributed by atoms with van der Waals surface area (Å²) in [5.41, 5.74) is 7.31. The fourth-order valence-electron chi connectivity index (χ4n) is 6.35. The molecule has 1 saturated heterocycles. The Labute approximate surface area is 233 Å². The van der Waals surface area contributed by atoms with E-state index in [-0.39, 0.29) is 6.04 Å². The number of anilines is 1. The van der Waals surface area contributed by atoms with Crippen LogP contribution >= 0.6 is 11.3 Å². The molecule has 0 radical (unpaired) electrons. The summed E-state index contributed by atoms with van der Waals surface area (Å²) in [6.07, 6.45) is 18.9. The highest BCUT2D eigenvalue weighted by atomic mass is 32.1. The first-order valence-electron chi connectivity index (χ1n) is 14.0. The van der Waals surface area contributed by atoms with Gasteiger partial charge in [0.05, 0.1) is 17.3 Å². The molecule has 0 saturated carbocycles. The molecule has 3 aromatic rings. The molecule has 0 aromatic carbocycles. The second-order valence-electron chi connectivity index (χ2n) is 10.7. The van der Waals surface area contributed by atoms with Crippen molar-refractivity contribution < 1.29 is 9.47 Å². The molecule has 7 rings (SSSR count). The molecule has 4 aliphatic rings. The summed E-state index contributed by atoms with van der Waals surface area (Å²) in [5, 5.41) is 1.09. The summed E-state index contributed by atoms with van der Waals surface area (Å²) >= 11 is 1.78. The molecule has 202 valence electrons. The molecule has 0 spiro atoms. The molecule has 1 aliphatic carbocycles. The van der Waals surface area contributed by atoms with E-state index in [9.17, 15) is 0 Å². The van der Waals surface area contributed by atoms with Crippen LogP contribution < -0.4 is 4.90 Å². The summed E-state index contributed by atoms with van der Waals surface area (Å²) in [5.74, 6) is 1.91. The molecule has 39 heavy (non-hydrogen) atoms. The third-order valence-electron chi connectivity index (χ3n) is 8.38. The molecule has 1 unspecified atom stereocenters. The van der Waals surface area contributed by atoms with Crippen LogP contribution in [0.3, 0.4) is 0 Å². The summed E-state index contributed by atoms with van der Waals surface area (Å²) < 4.78 is 13.9. The fourth-order valence-corrected chi connectivity index (χ4v) is 7.33. The highest BCUT2D eigenvalue weighted by Crippen LogP contribution is 2.42. The lowest BCUT2D eigenvalue weighted by molar-refractivity contribution is 0.153. The van der Waals surface area contributed by atoms with Crippen molar-refractivity contribution in [2.24, 2.45) is 0 Å². The van der Waals surface area contributed by atoms with Crippen LogP contribution in [0.2, 0.25) is 0 Å². The topological polar surface area (TPSA) is 68.5 Å². The number of aryl methyl sites for hydroxylation is 3. The number of rotatable bonds is 5. The molecule has 3 aromatic heterocycles. The van der Waals surface area contributed by atoms with Gasteiger partial charge < -0.3 is 18.9 Å². The number of nitrogens with zero attached hydrogens (tertiary/aromatic N) is 6. The van der Waals surface area contributed by atoms with Gasteiger partial charge in [0.2, 0.25) is 0 Å². The number of thiazole rings is 1. The Bertz CT molecular complexity index is 1500. The SMILES string of the molecule is Cc1nc(-c2c3n(c4c(N5CCN(C(C6=CC=CCC6)C6=COC=CO6)CC5)ncnc24)CCCC3)sc1C. The van der Waals surface area contributed by atoms with Crippen LogP contribution in [0, 0.1) is 13.8 Å². The maximum Gasteiger partial charge on any atom is 0.160 e. The molecular formula is C30H34N6O2S. The summed E-state index contributed by atoms with van der Waals surface area (Å²) in [6, 6.07) is 0.0801. The predicted octanol–water partition coefficient (Wildman–Crippen LogP) is 5.63. The minimum absolute atomic E-state index is 0.0801. The standard InChI is InChI=1S/C30H34N6O2S/c1-20-21(2)39-30(33-20)25-23-10-6-7-11-36(23)28-26(25)31-19-32-29(28)35-14-12-34(13-15-35)27(22-8-4-3-5-9-22)24-18-37-16-17-38-24/h3-4,8,16-19,27H,5-7,9-15H2,1-2H3. The van der Waals surface area contributed by atoms with Crippen molar-refractivity contribution in [1.82, 2.24) is 24.4 Å². The number of hydrogen-bond donors (Lipinski definition) is 0. The zero-order chi connectivity index (χ0) is 26.3. The zero-order valence-corrected chi connectivity index (χ0v) is 23.4. The molecule has 0 amide bonds. The van der Waals surface area contributed by atoms with E-state index in [1.54, 1.807) is 36.5 Å². The normalized spacial score (nSPS) is 20.3. The molecule has 1 atom stereocenters. The number of hydrogen-bond acceptors (Lipinski definition) is 8. The van der Waals surface area contributed by atoms with Gasteiger partial charge in [-0.25, -0.2) is 15.0 Å². The molecule has 9 heteroatoms. The first kappa shape index (κ1) is 24.6. The Morgan fingerprint density at radius 1 is 1.00 bits per heavy atom. The van der Waals surface area contributed by atoms with Gasteiger partial charge in [0.1, 0.15) is 41.2 Å². The zero-order valence-electron chi connectivity index (χ0n) is 22.6. The van der Waals surface area contributed by atoms with Crippen LogP contribution in [-0.4, -0.2) is 56.6 Å². The Balaban J connectivity index is 1.22. The van der Waals surface area contributed by atoms with E-state index >= 15 is 0 Å². The Hall–Kier alpha value is -3.43. The lowest BCUT2D eigenvalue weighted by Gasteiger charge is -2.41. The molecule has 6 heterocycles. The smallest absolute Gasteiger partial charge is 0.160 e. The first-order valence-corrected chi connectivity index (χ1v) is 14.8. The highest BCUT2D eigenvalue weighted by molar-refractivity contribution is 7.15. The lowest BCUT2D eigenvalue weighted by Crippen LogP contribution is -2.52. The largest absolute Gasteiger partial charge is 0.466 e. The van der Waals surface area contributed by atoms with Crippen LogP contribution in [0.4, 0.5) is 5.82 Å². The lowest BCUT2D eigenvalue weighted by atomic mass is 9.94. The molecule has 8 nitrogen and oxygen atoms in total. The average molecular weight is 543 g/mol. The van der Waals surface area contributed by atoms with Crippen molar-refractivity contribution in [3.05, 3.63) is 70.9 Å². The Morgan fingerprint density at radius 3 is 2.64 bits per heavy atom. The van der Waals surface area contributed by atoms with E-state index in [4.69, 9.17) is 24.4 Å². The van der Waals surface area contributed by atoms with Crippen molar-refractivity contribution in [3.63, 3.8) is 0 Å². The Kier molecular flexibility index (Phi) is 6.48. The summed E-state index contributed by atoms with van der Waals surface area (Å²) in [6.45, 7) is 8.87. The van der Waals surface area contributed by atoms with Crippen LogP contribution in [0.25, 0.3) is 21.6 Å². The average Bonchev–Trinajstić information content (AvgIpc) is 3.50. The van der Waals surface area contributed by atoms with Gasteiger partial charge in [0.25, 0.3) is 0 Å². The van der Waals surface area contributed by atoms with E-state index in [0.29, 0.717) is 0 Å². The van der Waals surface area contributed by atoms with Crippen molar-refractivity contribution in [2.75, 3.05) is 31.1 Å². The van der Waals surface area contributed by atoms with E-state index < -0.39 is 0 Å². The van der Waals surface area contributed by atoms with E-state index in [2.05, 4.69) is 46.4 Å². The minimum Gasteiger partial charge on any atom is -0.466 e. The molecule has 0 N–H and O–H groups in total. The van der Waals surface area contributed by atoms with Gasteiger partial charge >= 0.3 is 0 Å². The van der Waals surface area contributed by atoms with E-state index in [0.717, 1.165) is 79.8 Å². The first-order chi connectivity index (χ1) is 19.2. The number of aromatic nitrogens is 4. The second-order valence-corrected chi connectivity index (χ2v) is 11.9. The molecule has 1 fully saturated rings. The van der Waals surface area contributed by atoms with Gasteiger partial charge in [-0.3, -0.25) is 4.90 Å². The number of ether oxygens (including phenoxy) is 2. The van der Waals surface area contributed by atoms with Crippen LogP contribution in [0.5, 0.6) is 0 Å². The van der Waals surface area contributed by atoms with Crippen LogP contribution in [0.15, 0.2) is 54.7 Å². The molecule has 3 aliphatic heterocycles. The maximum atomic E-state index is 5.94. The highest BCUT2D eigenvalue weighted by Gasteiger charge is 2.33. The maximum absolute atomic E-state index is 5.94. The summed E-state index contributed by atoms with van der Waals surface area (Å²) in [7, 11) is 0. The van der Waals surface area contributed by atoms with Gasteiger partial charge in [-0.2, -0.15) is 0 Å². The predicted molar refractivity (Wildman–Crippen MR) is 154 cm³/mol. The third-order valence-corrected chi connectivity index (χ3v) is 9.47. The number of fused-ring (bicyclic) bond motifs is 3. The summed E-state index contributed by atoms with van der Waals surface area (Å²) in [4.78, 5) is 20.9.